The van der Waals surface area contributed by atoms with Crippen LogP contribution >= 0.6 is 11.6 Å². The maximum absolute atomic E-state index is 12.3. The van der Waals surface area contributed by atoms with E-state index in [1.807, 2.05) is 0 Å². The number of carbonyl (C=O) groups is 2. The van der Waals surface area contributed by atoms with E-state index in [2.05, 4.69) is 5.32 Å². The molecule has 0 saturated heterocycles. The number of ketones is 1. The molecule has 0 aliphatic heterocycles. The summed E-state index contributed by atoms with van der Waals surface area (Å²) >= 11 is 5.93. The predicted molar refractivity (Wildman–Crippen MR) is 88.3 cm³/mol. The number of benzene rings is 1. The Balaban J connectivity index is 2.05. The number of Topliss-reactive ketones (excluding diaryl/α,β-unsaturated/α-hetero) is 1. The van der Waals surface area contributed by atoms with Crippen molar-refractivity contribution in [2.45, 2.75) is 17.5 Å². The van der Waals surface area contributed by atoms with Crippen LogP contribution in [0.4, 0.5) is 5.69 Å². The lowest BCUT2D eigenvalue weighted by atomic mass is 9.96. The number of carbonyl (C=O) groups excluding carboxylic acids is 2. The van der Waals surface area contributed by atoms with Gasteiger partial charge in [-0.15, -0.1) is 11.6 Å². The number of rotatable bonds is 6. The van der Waals surface area contributed by atoms with Crippen molar-refractivity contribution in [3.05, 3.63) is 64.2 Å². The molecule has 1 amide bonds. The zero-order valence-corrected chi connectivity index (χ0v) is 13.5. The molecule has 0 saturated carbocycles. The van der Waals surface area contributed by atoms with E-state index in [-0.39, 0.29) is 12.0 Å². The molecule has 0 radical (unpaired) electrons. The van der Waals surface area contributed by atoms with E-state index in [0.29, 0.717) is 5.69 Å². The van der Waals surface area contributed by atoms with Crippen LogP contribution in [0.2, 0.25) is 0 Å². The Bertz CT molecular complexity index is 716. The van der Waals surface area contributed by atoms with Crippen molar-refractivity contribution in [3.63, 3.8) is 0 Å². The van der Waals surface area contributed by atoms with Crippen LogP contribution in [-0.4, -0.2) is 34.8 Å². The summed E-state index contributed by atoms with van der Waals surface area (Å²) in [6.45, 7) is 0. The maximum Gasteiger partial charge on any atom is 0.348 e. The highest BCUT2D eigenvalue weighted by atomic mass is 35.5. The van der Waals surface area contributed by atoms with E-state index < -0.39 is 27.7 Å². The van der Waals surface area contributed by atoms with Gasteiger partial charge in [-0.25, -0.2) is 0 Å². The molecule has 0 spiro atoms. The first-order valence-electron chi connectivity index (χ1n) is 7.03. The van der Waals surface area contributed by atoms with Gasteiger partial charge in [0.15, 0.2) is 11.2 Å². The number of allylic oxidation sites excluding steroid dienone is 2. The standard InChI is InChI=1S/C16H15ClN2O5/c1-24-16(19(22)23)9-7-11(8-10-16)14(20)13(17)15(21)18-12-5-3-2-4-6-12/h2-9,13H,10H2,1H3,(H,18,21)/t13-,16-/m1/s1. The zero-order valence-electron chi connectivity index (χ0n) is 12.8. The molecular weight excluding hydrogens is 336 g/mol. The molecule has 2 rings (SSSR count). The van der Waals surface area contributed by atoms with Gasteiger partial charge in [-0.1, -0.05) is 24.3 Å². The van der Waals surface area contributed by atoms with Crippen molar-refractivity contribution in [1.82, 2.24) is 0 Å². The van der Waals surface area contributed by atoms with Crippen molar-refractivity contribution in [1.29, 1.82) is 0 Å². The van der Waals surface area contributed by atoms with Gasteiger partial charge in [-0.2, -0.15) is 0 Å². The lowest BCUT2D eigenvalue weighted by molar-refractivity contribution is -0.610. The van der Waals surface area contributed by atoms with E-state index >= 15 is 0 Å². The number of nitrogens with zero attached hydrogens (tertiary/aromatic N) is 1. The fourth-order valence-electron chi connectivity index (χ4n) is 2.15. The van der Waals surface area contributed by atoms with E-state index in [1.165, 1.54) is 25.3 Å². The summed E-state index contributed by atoms with van der Waals surface area (Å²) in [7, 11) is 1.21. The average molecular weight is 351 g/mol. The summed E-state index contributed by atoms with van der Waals surface area (Å²) in [5.41, 5.74) is -1.05. The molecule has 0 unspecified atom stereocenters. The molecule has 1 aromatic carbocycles. The second-order valence-electron chi connectivity index (χ2n) is 5.09. The van der Waals surface area contributed by atoms with Crippen LogP contribution in [0.3, 0.4) is 0 Å². The summed E-state index contributed by atoms with van der Waals surface area (Å²) < 4.78 is 4.90. The van der Waals surface area contributed by atoms with Crippen LogP contribution in [0.15, 0.2) is 54.1 Å². The van der Waals surface area contributed by atoms with Crippen LogP contribution < -0.4 is 5.32 Å². The predicted octanol–water partition coefficient (Wildman–Crippen LogP) is 2.31. The number of nitrogens with one attached hydrogen (secondary N) is 1. The number of anilines is 1. The number of halogens is 1. The highest BCUT2D eigenvalue weighted by Gasteiger charge is 2.42. The van der Waals surface area contributed by atoms with Gasteiger partial charge in [0.1, 0.15) is 0 Å². The Labute approximate surface area is 143 Å². The number of methoxy groups -OCH3 is 1. The van der Waals surface area contributed by atoms with Crippen LogP contribution in [-0.2, 0) is 14.3 Å². The smallest absolute Gasteiger partial charge is 0.324 e. The summed E-state index contributed by atoms with van der Waals surface area (Å²) in [4.78, 5) is 34.8. The first-order valence-corrected chi connectivity index (χ1v) is 7.46. The van der Waals surface area contributed by atoms with E-state index in [4.69, 9.17) is 16.3 Å². The van der Waals surface area contributed by atoms with Gasteiger partial charge in [0.25, 0.3) is 0 Å². The molecule has 2 atom stereocenters. The summed E-state index contributed by atoms with van der Waals surface area (Å²) in [5.74, 6) is -1.30. The Morgan fingerprint density at radius 3 is 2.54 bits per heavy atom. The first kappa shape index (κ1) is 17.8. The van der Waals surface area contributed by atoms with Crippen LogP contribution in [0, 0.1) is 10.1 Å². The summed E-state index contributed by atoms with van der Waals surface area (Å²) in [5, 5.41) is 12.1. The Kier molecular flexibility index (Phi) is 5.48. The number of hydrogen-bond acceptors (Lipinski definition) is 5. The molecule has 1 N–H and O–H groups in total. The van der Waals surface area contributed by atoms with Crippen LogP contribution in [0.25, 0.3) is 0 Å². The van der Waals surface area contributed by atoms with E-state index in [1.54, 1.807) is 30.3 Å². The van der Waals surface area contributed by atoms with Gasteiger partial charge in [-0.3, -0.25) is 19.7 Å². The second kappa shape index (κ2) is 7.37. The summed E-state index contributed by atoms with van der Waals surface area (Å²) in [6.07, 6.45) is 3.65. The Hall–Kier alpha value is -2.51. The number of alkyl halides is 1. The first-order chi connectivity index (χ1) is 11.4. The van der Waals surface area contributed by atoms with Crippen molar-refractivity contribution < 1.29 is 19.2 Å². The van der Waals surface area contributed by atoms with Gasteiger partial charge in [-0.05, 0) is 18.2 Å². The lowest BCUT2D eigenvalue weighted by Crippen LogP contribution is -2.40. The zero-order chi connectivity index (χ0) is 17.7. The minimum Gasteiger partial charge on any atom is -0.324 e. The normalized spacial score (nSPS) is 20.8. The van der Waals surface area contributed by atoms with Gasteiger partial charge in [0.2, 0.25) is 5.91 Å². The number of para-hydroxylation sites is 1. The minimum atomic E-state index is -1.70. The fourth-order valence-corrected chi connectivity index (χ4v) is 2.33. The van der Waals surface area contributed by atoms with Gasteiger partial charge >= 0.3 is 5.72 Å². The third kappa shape index (κ3) is 3.69. The molecule has 0 heterocycles. The molecule has 8 heteroatoms. The molecular formula is C16H15ClN2O5. The molecule has 1 aromatic rings. The van der Waals surface area contributed by atoms with Crippen LogP contribution in [0.5, 0.6) is 0 Å². The van der Waals surface area contributed by atoms with Gasteiger partial charge in [0.05, 0.1) is 11.3 Å². The number of nitro groups is 1. The highest BCUT2D eigenvalue weighted by molar-refractivity contribution is 6.45. The van der Waals surface area contributed by atoms with Gasteiger partial charge in [0, 0.05) is 24.4 Å². The van der Waals surface area contributed by atoms with Crippen molar-refractivity contribution in [2.75, 3.05) is 12.4 Å². The van der Waals surface area contributed by atoms with Crippen molar-refractivity contribution in [2.24, 2.45) is 0 Å². The molecule has 0 bridgehead atoms. The monoisotopic (exact) mass is 350 g/mol. The van der Waals surface area contributed by atoms with Crippen molar-refractivity contribution in [3.8, 4) is 0 Å². The molecule has 1 aliphatic rings. The molecule has 0 fully saturated rings. The maximum atomic E-state index is 12.3. The number of ether oxygens (including phenoxy) is 1. The molecule has 24 heavy (non-hydrogen) atoms. The molecule has 126 valence electrons. The third-order valence-corrected chi connectivity index (χ3v) is 3.98. The number of amides is 1. The molecule has 0 aromatic heterocycles. The molecule has 1 aliphatic carbocycles. The van der Waals surface area contributed by atoms with Crippen molar-refractivity contribution >= 4 is 29.0 Å². The minimum absolute atomic E-state index is 0.127. The fraction of sp³-hybridized carbons (Fsp3) is 0.250. The topological polar surface area (TPSA) is 98.5 Å². The number of hydrogen-bond donors (Lipinski definition) is 1. The lowest BCUT2D eigenvalue weighted by Gasteiger charge is -2.22. The summed E-state index contributed by atoms with van der Waals surface area (Å²) in [6, 6.07) is 8.57. The average Bonchev–Trinajstić information content (AvgIpc) is 2.61. The van der Waals surface area contributed by atoms with E-state index in [9.17, 15) is 19.7 Å². The third-order valence-electron chi connectivity index (χ3n) is 3.59. The van der Waals surface area contributed by atoms with Gasteiger partial charge < -0.3 is 10.1 Å². The SMILES string of the molecule is CO[C@]1([N+](=O)[O-])C=CC(C(=O)[C@@H](Cl)C(=O)Nc2ccccc2)=CC1. The second-order valence-corrected chi connectivity index (χ2v) is 5.52. The van der Waals surface area contributed by atoms with Crippen LogP contribution in [0.1, 0.15) is 6.42 Å². The Morgan fingerprint density at radius 1 is 1.38 bits per heavy atom. The quantitative estimate of drug-likeness (QED) is 0.279. The molecule has 7 nitrogen and oxygen atoms in total. The highest BCUT2D eigenvalue weighted by Crippen LogP contribution is 2.26. The van der Waals surface area contributed by atoms with E-state index in [0.717, 1.165) is 0 Å². The largest absolute Gasteiger partial charge is 0.348 e. The Morgan fingerprint density at radius 2 is 2.04 bits per heavy atom.